The zero-order valence-electron chi connectivity index (χ0n) is 12.3. The molecular formula is C14H21BrN4O2. The number of likely N-dealkylation sites (N-methyl/N-ethyl adjacent to an activating group) is 2. The van der Waals surface area contributed by atoms with Crippen LogP contribution in [0.4, 0.5) is 10.5 Å². The molecule has 0 spiro atoms. The quantitative estimate of drug-likeness (QED) is 0.695. The molecule has 0 unspecified atom stereocenters. The van der Waals surface area contributed by atoms with E-state index in [0.717, 1.165) is 11.0 Å². The van der Waals surface area contributed by atoms with Crippen molar-refractivity contribution in [3.63, 3.8) is 0 Å². The Balaban J connectivity index is 2.24. The van der Waals surface area contributed by atoms with Crippen LogP contribution in [0, 0.1) is 0 Å². The average molecular weight is 357 g/mol. The van der Waals surface area contributed by atoms with E-state index in [-0.39, 0.29) is 18.4 Å². The molecule has 0 bridgehead atoms. The first-order valence-corrected chi connectivity index (χ1v) is 7.51. The molecular weight excluding hydrogens is 336 g/mol. The van der Waals surface area contributed by atoms with Gasteiger partial charge >= 0.3 is 6.03 Å². The van der Waals surface area contributed by atoms with E-state index in [1.54, 1.807) is 24.1 Å². The smallest absolute Gasteiger partial charge is 0.319 e. The van der Waals surface area contributed by atoms with Crippen molar-refractivity contribution >= 4 is 33.6 Å². The van der Waals surface area contributed by atoms with Gasteiger partial charge in [-0.2, -0.15) is 0 Å². The molecule has 0 saturated carbocycles. The molecule has 1 aromatic carbocycles. The molecule has 0 atom stereocenters. The summed E-state index contributed by atoms with van der Waals surface area (Å²) in [4.78, 5) is 25.0. The number of nitrogens with zero attached hydrogens (tertiary/aromatic N) is 1. The molecule has 0 aliphatic carbocycles. The molecule has 6 nitrogen and oxygen atoms in total. The van der Waals surface area contributed by atoms with E-state index in [9.17, 15) is 9.59 Å². The topological polar surface area (TPSA) is 73.5 Å². The van der Waals surface area contributed by atoms with Gasteiger partial charge in [-0.05, 0) is 31.3 Å². The maximum absolute atomic E-state index is 11.7. The number of benzene rings is 1. The van der Waals surface area contributed by atoms with E-state index in [1.165, 1.54) is 0 Å². The summed E-state index contributed by atoms with van der Waals surface area (Å²) in [6, 6.07) is 6.95. The highest BCUT2D eigenvalue weighted by molar-refractivity contribution is 9.10. The molecule has 3 amide bonds. The summed E-state index contributed by atoms with van der Waals surface area (Å²) in [6.45, 7) is 1.71. The first-order chi connectivity index (χ1) is 10.0. The van der Waals surface area contributed by atoms with Gasteiger partial charge in [0.25, 0.3) is 0 Å². The molecule has 116 valence electrons. The minimum atomic E-state index is -0.317. The summed E-state index contributed by atoms with van der Waals surface area (Å²) in [7, 11) is 3.59. The van der Waals surface area contributed by atoms with Crippen molar-refractivity contribution in [1.82, 2.24) is 15.5 Å². The Kier molecular flexibility index (Phi) is 7.78. The first-order valence-electron chi connectivity index (χ1n) is 6.72. The van der Waals surface area contributed by atoms with E-state index in [2.05, 4.69) is 31.9 Å². The fraction of sp³-hybridized carbons (Fsp3) is 0.429. The third-order valence-electron chi connectivity index (χ3n) is 2.85. The number of rotatable bonds is 7. The SMILES string of the molecule is CNCCN(C)C(=O)CCNC(=O)Nc1ccc(Br)cc1. The van der Waals surface area contributed by atoms with Crippen LogP contribution in [-0.4, -0.2) is 50.6 Å². The maximum atomic E-state index is 11.7. The number of amides is 3. The van der Waals surface area contributed by atoms with Crippen molar-refractivity contribution in [1.29, 1.82) is 0 Å². The highest BCUT2D eigenvalue weighted by Gasteiger charge is 2.08. The van der Waals surface area contributed by atoms with Crippen LogP contribution in [0.3, 0.4) is 0 Å². The van der Waals surface area contributed by atoms with Gasteiger partial charge in [-0.1, -0.05) is 15.9 Å². The largest absolute Gasteiger partial charge is 0.344 e. The molecule has 1 rings (SSSR count). The zero-order valence-corrected chi connectivity index (χ0v) is 13.9. The van der Waals surface area contributed by atoms with Gasteiger partial charge in [0.15, 0.2) is 0 Å². The fourth-order valence-electron chi connectivity index (χ4n) is 1.59. The molecule has 0 aliphatic rings. The van der Waals surface area contributed by atoms with Gasteiger partial charge in [0.2, 0.25) is 5.91 Å². The van der Waals surface area contributed by atoms with Crippen molar-refractivity contribution in [2.75, 3.05) is 39.0 Å². The zero-order chi connectivity index (χ0) is 15.7. The molecule has 0 radical (unpaired) electrons. The van der Waals surface area contributed by atoms with Crippen LogP contribution in [0.1, 0.15) is 6.42 Å². The van der Waals surface area contributed by atoms with Crippen molar-refractivity contribution in [3.8, 4) is 0 Å². The highest BCUT2D eigenvalue weighted by atomic mass is 79.9. The van der Waals surface area contributed by atoms with Crippen molar-refractivity contribution in [2.24, 2.45) is 0 Å². The Labute approximate surface area is 133 Å². The normalized spacial score (nSPS) is 10.0. The Hall–Kier alpha value is -1.60. The van der Waals surface area contributed by atoms with Gasteiger partial charge in [-0.25, -0.2) is 4.79 Å². The Morgan fingerprint density at radius 1 is 1.19 bits per heavy atom. The average Bonchev–Trinajstić information content (AvgIpc) is 2.47. The molecule has 0 fully saturated rings. The molecule has 1 aromatic rings. The van der Waals surface area contributed by atoms with Crippen LogP contribution in [0.15, 0.2) is 28.7 Å². The van der Waals surface area contributed by atoms with Crippen molar-refractivity contribution in [2.45, 2.75) is 6.42 Å². The third-order valence-corrected chi connectivity index (χ3v) is 3.38. The summed E-state index contributed by atoms with van der Waals surface area (Å²) < 4.78 is 0.948. The van der Waals surface area contributed by atoms with Gasteiger partial charge < -0.3 is 20.9 Å². The number of anilines is 1. The number of carbonyl (C=O) groups excluding carboxylic acids is 2. The second-order valence-electron chi connectivity index (χ2n) is 4.56. The number of carbonyl (C=O) groups is 2. The number of hydrogen-bond donors (Lipinski definition) is 3. The Morgan fingerprint density at radius 2 is 1.86 bits per heavy atom. The molecule has 0 aliphatic heterocycles. The van der Waals surface area contributed by atoms with E-state index in [4.69, 9.17) is 0 Å². The van der Waals surface area contributed by atoms with Gasteiger partial charge in [0.05, 0.1) is 0 Å². The fourth-order valence-corrected chi connectivity index (χ4v) is 1.85. The summed E-state index contributed by atoms with van der Waals surface area (Å²) in [6.07, 6.45) is 0.286. The molecule has 0 aromatic heterocycles. The Morgan fingerprint density at radius 3 is 2.48 bits per heavy atom. The lowest BCUT2D eigenvalue weighted by molar-refractivity contribution is -0.129. The van der Waals surface area contributed by atoms with Gasteiger partial charge in [0.1, 0.15) is 0 Å². The monoisotopic (exact) mass is 356 g/mol. The number of nitrogens with one attached hydrogen (secondary N) is 3. The highest BCUT2D eigenvalue weighted by Crippen LogP contribution is 2.13. The van der Waals surface area contributed by atoms with Gasteiger partial charge in [0, 0.05) is 43.3 Å². The van der Waals surface area contributed by atoms with Gasteiger partial charge in [-0.3, -0.25) is 4.79 Å². The molecule has 3 N–H and O–H groups in total. The summed E-state index contributed by atoms with van der Waals surface area (Å²) in [5.74, 6) is 0.00851. The second-order valence-corrected chi connectivity index (χ2v) is 5.47. The maximum Gasteiger partial charge on any atom is 0.319 e. The molecule has 0 heterocycles. The van der Waals surface area contributed by atoms with E-state index >= 15 is 0 Å². The number of halogens is 1. The predicted molar refractivity (Wildman–Crippen MR) is 87.3 cm³/mol. The van der Waals surface area contributed by atoms with Crippen LogP contribution in [-0.2, 0) is 4.79 Å². The minimum absolute atomic E-state index is 0.00851. The van der Waals surface area contributed by atoms with Crippen molar-refractivity contribution in [3.05, 3.63) is 28.7 Å². The standard InChI is InChI=1S/C14H21BrN4O2/c1-16-9-10-19(2)13(20)7-8-17-14(21)18-12-5-3-11(15)4-6-12/h3-6,16H,7-10H2,1-2H3,(H2,17,18,21). The van der Waals surface area contributed by atoms with Crippen LogP contribution in [0.25, 0.3) is 0 Å². The lowest BCUT2D eigenvalue weighted by Crippen LogP contribution is -2.36. The van der Waals surface area contributed by atoms with Crippen LogP contribution >= 0.6 is 15.9 Å². The predicted octanol–water partition coefficient (Wildman–Crippen LogP) is 1.64. The number of hydrogen-bond acceptors (Lipinski definition) is 3. The molecule has 0 saturated heterocycles. The van der Waals surface area contributed by atoms with E-state index in [0.29, 0.717) is 18.8 Å². The third kappa shape index (κ3) is 7.10. The second kappa shape index (κ2) is 9.36. The van der Waals surface area contributed by atoms with Crippen molar-refractivity contribution < 1.29 is 9.59 Å². The van der Waals surface area contributed by atoms with E-state index < -0.39 is 0 Å². The lowest BCUT2D eigenvalue weighted by Gasteiger charge is -2.17. The summed E-state index contributed by atoms with van der Waals surface area (Å²) in [5, 5.41) is 8.35. The van der Waals surface area contributed by atoms with Gasteiger partial charge in [-0.15, -0.1) is 0 Å². The lowest BCUT2D eigenvalue weighted by atomic mass is 10.3. The summed E-state index contributed by atoms with van der Waals surface area (Å²) >= 11 is 3.33. The molecule has 21 heavy (non-hydrogen) atoms. The minimum Gasteiger partial charge on any atom is -0.344 e. The summed E-state index contributed by atoms with van der Waals surface area (Å²) in [5.41, 5.74) is 0.702. The first kappa shape index (κ1) is 17.5. The van der Waals surface area contributed by atoms with Crippen LogP contribution < -0.4 is 16.0 Å². The van der Waals surface area contributed by atoms with E-state index in [1.807, 2.05) is 19.2 Å². The Bertz CT molecular complexity index is 465. The molecule has 7 heteroatoms. The van der Waals surface area contributed by atoms with Crippen LogP contribution in [0.2, 0.25) is 0 Å². The van der Waals surface area contributed by atoms with Crippen LogP contribution in [0.5, 0.6) is 0 Å². The number of urea groups is 1.